The van der Waals surface area contributed by atoms with Crippen LogP contribution in [-0.2, 0) is 16.1 Å². The van der Waals surface area contributed by atoms with Crippen molar-refractivity contribution in [3.63, 3.8) is 0 Å². The van der Waals surface area contributed by atoms with Crippen LogP contribution in [0.3, 0.4) is 0 Å². The van der Waals surface area contributed by atoms with Crippen molar-refractivity contribution in [2.45, 2.75) is 6.61 Å². The summed E-state index contributed by atoms with van der Waals surface area (Å²) < 4.78 is 5.13. The molecule has 3 amide bonds. The second-order valence-corrected chi connectivity index (χ2v) is 6.60. The number of benzene rings is 2. The van der Waals surface area contributed by atoms with Crippen molar-refractivity contribution < 1.29 is 14.3 Å². The molecule has 1 fully saturated rings. The summed E-state index contributed by atoms with van der Waals surface area (Å²) in [6, 6.07) is 17.2. The van der Waals surface area contributed by atoms with E-state index in [1.165, 1.54) is 5.69 Å². The first kappa shape index (κ1) is 19.7. The lowest BCUT2D eigenvalue weighted by atomic mass is 10.2. The van der Waals surface area contributed by atoms with E-state index >= 15 is 0 Å². The number of ether oxygens (including phenoxy) is 1. The Hall–Kier alpha value is -3.06. The Kier molecular flexibility index (Phi) is 6.86. The van der Waals surface area contributed by atoms with Crippen LogP contribution < -0.4 is 15.5 Å². The van der Waals surface area contributed by atoms with Gasteiger partial charge in [0, 0.05) is 50.2 Å². The van der Waals surface area contributed by atoms with Gasteiger partial charge in [0.15, 0.2) is 0 Å². The van der Waals surface area contributed by atoms with Gasteiger partial charge in [-0.2, -0.15) is 0 Å². The van der Waals surface area contributed by atoms with Gasteiger partial charge in [-0.05, 0) is 18.2 Å². The zero-order valence-corrected chi connectivity index (χ0v) is 16.1. The molecule has 7 heteroatoms. The SMILES string of the molecule is COCc1ccccc1NC(=O)NCC(=O)N1CCN(c2ccccc2)CC1. The average molecular weight is 382 g/mol. The van der Waals surface area contributed by atoms with Crippen molar-refractivity contribution in [3.8, 4) is 0 Å². The number of anilines is 2. The van der Waals surface area contributed by atoms with Crippen molar-refractivity contribution in [2.24, 2.45) is 0 Å². The van der Waals surface area contributed by atoms with Crippen molar-refractivity contribution >= 4 is 23.3 Å². The number of carbonyl (C=O) groups is 2. The van der Waals surface area contributed by atoms with Crippen LogP contribution in [0, 0.1) is 0 Å². The fourth-order valence-corrected chi connectivity index (χ4v) is 3.21. The molecule has 28 heavy (non-hydrogen) atoms. The van der Waals surface area contributed by atoms with E-state index in [1.54, 1.807) is 18.1 Å². The Morgan fingerprint density at radius 3 is 2.36 bits per heavy atom. The largest absolute Gasteiger partial charge is 0.380 e. The minimum atomic E-state index is -0.403. The lowest BCUT2D eigenvalue weighted by Crippen LogP contribution is -2.51. The molecular weight excluding hydrogens is 356 g/mol. The standard InChI is InChI=1S/C21H26N4O3/c1-28-16-17-7-5-6-10-19(17)23-21(27)22-15-20(26)25-13-11-24(12-14-25)18-8-3-2-4-9-18/h2-10H,11-16H2,1H3,(H2,22,23,27). The van der Waals surface area contributed by atoms with Gasteiger partial charge in [-0.25, -0.2) is 4.79 Å². The molecule has 0 radical (unpaired) electrons. The number of carbonyl (C=O) groups excluding carboxylic acids is 2. The van der Waals surface area contributed by atoms with Gasteiger partial charge in [0.25, 0.3) is 0 Å². The lowest BCUT2D eigenvalue weighted by molar-refractivity contribution is -0.130. The van der Waals surface area contributed by atoms with E-state index in [-0.39, 0.29) is 12.5 Å². The van der Waals surface area contributed by atoms with E-state index < -0.39 is 6.03 Å². The van der Waals surface area contributed by atoms with Crippen LogP contribution >= 0.6 is 0 Å². The molecule has 0 saturated carbocycles. The maximum atomic E-state index is 12.4. The highest BCUT2D eigenvalue weighted by Gasteiger charge is 2.21. The summed E-state index contributed by atoms with van der Waals surface area (Å²) in [6.45, 7) is 3.24. The van der Waals surface area contributed by atoms with Gasteiger partial charge in [0.05, 0.1) is 13.2 Å². The molecule has 1 heterocycles. The third-order valence-electron chi connectivity index (χ3n) is 4.72. The molecule has 148 valence electrons. The summed E-state index contributed by atoms with van der Waals surface area (Å²) in [5.74, 6) is -0.0759. The Morgan fingerprint density at radius 2 is 1.64 bits per heavy atom. The highest BCUT2D eigenvalue weighted by Crippen LogP contribution is 2.16. The molecule has 0 aliphatic carbocycles. The maximum absolute atomic E-state index is 12.4. The molecule has 1 aliphatic rings. The van der Waals surface area contributed by atoms with E-state index in [2.05, 4.69) is 27.7 Å². The fourth-order valence-electron chi connectivity index (χ4n) is 3.21. The monoisotopic (exact) mass is 382 g/mol. The second-order valence-electron chi connectivity index (χ2n) is 6.60. The van der Waals surface area contributed by atoms with Gasteiger partial charge >= 0.3 is 6.03 Å². The van der Waals surface area contributed by atoms with E-state index in [1.807, 2.05) is 36.4 Å². The number of piperazine rings is 1. The van der Waals surface area contributed by atoms with Gasteiger partial charge in [0.2, 0.25) is 5.91 Å². The van der Waals surface area contributed by atoms with Crippen LogP contribution in [0.4, 0.5) is 16.2 Å². The zero-order valence-electron chi connectivity index (χ0n) is 16.1. The van der Waals surface area contributed by atoms with Crippen LogP contribution in [0.1, 0.15) is 5.56 Å². The molecule has 2 aromatic carbocycles. The number of rotatable bonds is 6. The van der Waals surface area contributed by atoms with Crippen LogP contribution in [0.2, 0.25) is 0 Å². The van der Waals surface area contributed by atoms with Crippen LogP contribution in [0.15, 0.2) is 54.6 Å². The molecular formula is C21H26N4O3. The summed E-state index contributed by atoms with van der Waals surface area (Å²) in [4.78, 5) is 28.6. The normalized spacial score (nSPS) is 13.9. The molecule has 0 unspecified atom stereocenters. The van der Waals surface area contributed by atoms with Gasteiger partial charge in [0.1, 0.15) is 0 Å². The first-order valence-corrected chi connectivity index (χ1v) is 9.37. The van der Waals surface area contributed by atoms with Crippen LogP contribution in [0.25, 0.3) is 0 Å². The minimum absolute atomic E-state index is 0.0242. The molecule has 0 atom stereocenters. The lowest BCUT2D eigenvalue weighted by Gasteiger charge is -2.36. The zero-order chi connectivity index (χ0) is 19.8. The Balaban J connectivity index is 1.44. The first-order valence-electron chi connectivity index (χ1n) is 9.37. The maximum Gasteiger partial charge on any atom is 0.319 e. The van der Waals surface area contributed by atoms with Gasteiger partial charge < -0.3 is 25.2 Å². The highest BCUT2D eigenvalue weighted by molar-refractivity contribution is 5.92. The summed E-state index contributed by atoms with van der Waals surface area (Å²) in [7, 11) is 1.60. The van der Waals surface area contributed by atoms with Crippen molar-refractivity contribution in [1.29, 1.82) is 0 Å². The Bertz CT molecular complexity index is 789. The Labute approximate surface area is 165 Å². The molecule has 1 saturated heterocycles. The predicted octanol–water partition coefficient (Wildman–Crippen LogP) is 2.30. The van der Waals surface area contributed by atoms with Gasteiger partial charge in [-0.15, -0.1) is 0 Å². The summed E-state index contributed by atoms with van der Waals surface area (Å²) in [6.07, 6.45) is 0. The van der Waals surface area contributed by atoms with Crippen LogP contribution in [0.5, 0.6) is 0 Å². The summed E-state index contributed by atoms with van der Waals surface area (Å²) in [5.41, 5.74) is 2.72. The van der Waals surface area contributed by atoms with E-state index in [0.29, 0.717) is 25.4 Å². The van der Waals surface area contributed by atoms with Crippen molar-refractivity contribution in [1.82, 2.24) is 10.2 Å². The topological polar surface area (TPSA) is 73.9 Å². The van der Waals surface area contributed by atoms with E-state index in [4.69, 9.17) is 4.74 Å². The number of para-hydroxylation sites is 2. The smallest absolute Gasteiger partial charge is 0.319 e. The number of amides is 3. The molecule has 3 rings (SSSR count). The third kappa shape index (κ3) is 5.23. The summed E-state index contributed by atoms with van der Waals surface area (Å²) >= 11 is 0. The molecule has 2 aromatic rings. The second kappa shape index (κ2) is 9.75. The number of nitrogens with zero attached hydrogens (tertiary/aromatic N) is 2. The molecule has 0 spiro atoms. The molecule has 2 N–H and O–H groups in total. The number of hydrogen-bond acceptors (Lipinski definition) is 4. The quantitative estimate of drug-likeness (QED) is 0.804. The molecule has 0 aromatic heterocycles. The van der Waals surface area contributed by atoms with Crippen LogP contribution in [-0.4, -0.2) is 56.7 Å². The molecule has 7 nitrogen and oxygen atoms in total. The first-order chi connectivity index (χ1) is 13.7. The van der Waals surface area contributed by atoms with Crippen molar-refractivity contribution in [2.75, 3.05) is 50.1 Å². The van der Waals surface area contributed by atoms with Crippen molar-refractivity contribution in [3.05, 3.63) is 60.2 Å². The number of hydrogen-bond donors (Lipinski definition) is 2. The van der Waals surface area contributed by atoms with E-state index in [0.717, 1.165) is 18.7 Å². The molecule has 1 aliphatic heterocycles. The van der Waals surface area contributed by atoms with E-state index in [9.17, 15) is 9.59 Å². The summed E-state index contributed by atoms with van der Waals surface area (Å²) in [5, 5.41) is 5.42. The minimum Gasteiger partial charge on any atom is -0.380 e. The average Bonchev–Trinajstić information content (AvgIpc) is 2.74. The highest BCUT2D eigenvalue weighted by atomic mass is 16.5. The predicted molar refractivity (Wildman–Crippen MR) is 109 cm³/mol. The third-order valence-corrected chi connectivity index (χ3v) is 4.72. The number of methoxy groups -OCH3 is 1. The fraction of sp³-hybridized carbons (Fsp3) is 0.333. The number of urea groups is 1. The number of nitrogens with one attached hydrogen (secondary N) is 2. The van der Waals surface area contributed by atoms with Gasteiger partial charge in [-0.1, -0.05) is 36.4 Å². The Morgan fingerprint density at radius 1 is 0.964 bits per heavy atom. The molecule has 0 bridgehead atoms. The van der Waals surface area contributed by atoms with Gasteiger partial charge in [-0.3, -0.25) is 4.79 Å².